The maximum Gasteiger partial charge on any atom is 0.302 e. The van der Waals surface area contributed by atoms with Crippen molar-refractivity contribution >= 4 is 36.1 Å². The van der Waals surface area contributed by atoms with Crippen LogP contribution in [0.4, 0.5) is 0 Å². The first-order valence-corrected chi connectivity index (χ1v) is 32.6. The molecule has 11 nitrogen and oxygen atoms in total. The summed E-state index contributed by atoms with van der Waals surface area (Å²) in [6.07, 6.45) is 40.5. The average Bonchev–Trinajstić information content (AvgIpc) is 4.29. The van der Waals surface area contributed by atoms with Crippen LogP contribution in [-0.4, -0.2) is 66.7 Å². The molecule has 9 saturated carbocycles. The fourth-order valence-corrected chi connectivity index (χ4v) is 19.4. The minimum atomic E-state index is -0.170. The number of aldehydes is 1. The molecule has 460 valence electrons. The molecule has 0 saturated heterocycles. The molecule has 0 bridgehead atoms. The lowest BCUT2D eigenvalue weighted by molar-refractivity contribution is -0.156. The second-order valence-corrected chi connectivity index (χ2v) is 28.0. The Morgan fingerprint density at radius 1 is 0.561 bits per heavy atom. The van der Waals surface area contributed by atoms with Gasteiger partial charge in [-0.3, -0.25) is 24.0 Å². The van der Waals surface area contributed by atoms with E-state index in [1.165, 1.54) is 111 Å². The normalized spacial score (nSPS) is 40.5. The molecule has 0 heterocycles. The van der Waals surface area contributed by atoms with Crippen LogP contribution >= 0.6 is 0 Å². The third kappa shape index (κ3) is 14.7. The summed E-state index contributed by atoms with van der Waals surface area (Å²) in [6, 6.07) is 0. The zero-order valence-electron chi connectivity index (χ0n) is 53.6. The third-order valence-corrected chi connectivity index (χ3v) is 23.4. The summed E-state index contributed by atoms with van der Waals surface area (Å²) < 4.78 is 27.5. The molecule has 0 aromatic carbocycles. The van der Waals surface area contributed by atoms with Crippen LogP contribution in [0.2, 0.25) is 0 Å². The SMILES string of the molecule is C/C=C1/[CH+]CC2[C@@H](OC(C)=O)CCC[C@]12C.C/C=C1\CCC2[C@@H](OC(C)=O)CCC[C@]12C.C=CC1CCC2[C@@H](OC(C)=O)CCC[C@]12C.CC(=O)O[C@H]1CCC[C@@]2(C)C1CC[C@@H]2[C@H](C)C=O.CCC1=CCC2[C@@H](OC(C)=O)CCC[C@]12C. The summed E-state index contributed by atoms with van der Waals surface area (Å²) in [5.74, 6) is 3.08. The van der Waals surface area contributed by atoms with Crippen LogP contribution in [0.3, 0.4) is 0 Å². The topological polar surface area (TPSA) is 149 Å². The Balaban J connectivity index is 0.000000165. The number of rotatable bonds is 9. The zero-order valence-corrected chi connectivity index (χ0v) is 53.6. The molecular formula is C71H111O11+. The Morgan fingerprint density at radius 2 is 1.00 bits per heavy atom. The van der Waals surface area contributed by atoms with Crippen molar-refractivity contribution in [3.63, 3.8) is 0 Å². The number of ether oxygens (including phenoxy) is 5. The van der Waals surface area contributed by atoms with Crippen LogP contribution < -0.4 is 0 Å². The monoisotopic (exact) mass is 1140 g/mol. The molecule has 0 aromatic heterocycles. The van der Waals surface area contributed by atoms with E-state index in [-0.39, 0.29) is 77.1 Å². The van der Waals surface area contributed by atoms with Gasteiger partial charge in [0.25, 0.3) is 0 Å². The van der Waals surface area contributed by atoms with Crippen molar-refractivity contribution in [2.45, 2.75) is 282 Å². The predicted octanol–water partition coefficient (Wildman–Crippen LogP) is 16.5. The van der Waals surface area contributed by atoms with E-state index in [1.807, 2.05) is 6.92 Å². The summed E-state index contributed by atoms with van der Waals surface area (Å²) in [5.41, 5.74) is 5.95. The Labute approximate surface area is 496 Å². The highest BCUT2D eigenvalue weighted by molar-refractivity contribution is 5.67. The first-order chi connectivity index (χ1) is 38.8. The maximum absolute atomic E-state index is 11.2. The van der Waals surface area contributed by atoms with Gasteiger partial charge in [-0.1, -0.05) is 77.8 Å². The predicted molar refractivity (Wildman–Crippen MR) is 325 cm³/mol. The molecule has 0 N–H and O–H groups in total. The molecule has 0 amide bonds. The minimum absolute atomic E-state index is 0.0742. The Kier molecular flexibility index (Phi) is 23.5. The molecule has 18 atom stereocenters. The van der Waals surface area contributed by atoms with E-state index in [0.717, 1.165) is 89.8 Å². The van der Waals surface area contributed by atoms with Gasteiger partial charge in [-0.05, 0) is 188 Å². The van der Waals surface area contributed by atoms with Crippen LogP contribution in [-0.2, 0) is 52.5 Å². The van der Waals surface area contributed by atoms with Gasteiger partial charge >= 0.3 is 29.8 Å². The molecule has 9 fully saturated rings. The lowest BCUT2D eigenvalue weighted by atomic mass is 9.62. The van der Waals surface area contributed by atoms with Crippen molar-refractivity contribution < 1.29 is 52.5 Å². The number of allylic oxidation sites excluding steroid dienone is 7. The van der Waals surface area contributed by atoms with Crippen LogP contribution in [0.5, 0.6) is 0 Å². The highest BCUT2D eigenvalue weighted by Crippen LogP contribution is 2.60. The van der Waals surface area contributed by atoms with E-state index in [1.54, 1.807) is 11.1 Å². The van der Waals surface area contributed by atoms with E-state index in [9.17, 15) is 28.8 Å². The van der Waals surface area contributed by atoms with Crippen molar-refractivity contribution in [1.82, 2.24) is 0 Å². The zero-order chi connectivity index (χ0) is 60.4. The Morgan fingerprint density at radius 3 is 1.48 bits per heavy atom. The third-order valence-electron chi connectivity index (χ3n) is 23.4. The highest BCUT2D eigenvalue weighted by Gasteiger charge is 2.56. The van der Waals surface area contributed by atoms with E-state index >= 15 is 0 Å². The fourth-order valence-electron chi connectivity index (χ4n) is 19.4. The molecule has 0 aromatic rings. The van der Waals surface area contributed by atoms with Gasteiger partial charge in [0.1, 0.15) is 42.4 Å². The summed E-state index contributed by atoms with van der Waals surface area (Å²) in [5, 5.41) is 0. The van der Waals surface area contributed by atoms with Crippen LogP contribution in [0.1, 0.15) is 251 Å². The quantitative estimate of drug-likeness (QED) is 0.0714. The molecule has 10 rings (SSSR count). The van der Waals surface area contributed by atoms with Gasteiger partial charge < -0.3 is 28.5 Å². The van der Waals surface area contributed by atoms with Gasteiger partial charge in [-0.25, -0.2) is 0 Å². The van der Waals surface area contributed by atoms with Crippen molar-refractivity contribution in [2.75, 3.05) is 0 Å². The lowest BCUT2D eigenvalue weighted by Gasteiger charge is -2.45. The highest BCUT2D eigenvalue weighted by atomic mass is 16.6. The first kappa shape index (κ1) is 67.0. The van der Waals surface area contributed by atoms with Crippen LogP contribution in [0, 0.1) is 80.8 Å². The number of hydrogen-bond donors (Lipinski definition) is 0. The smallest absolute Gasteiger partial charge is 0.302 e. The number of fused-ring (bicyclic) bond motifs is 5. The van der Waals surface area contributed by atoms with Gasteiger partial charge in [0.15, 0.2) is 0 Å². The van der Waals surface area contributed by atoms with Crippen LogP contribution in [0.15, 0.2) is 47.6 Å². The van der Waals surface area contributed by atoms with Crippen molar-refractivity contribution in [3.8, 4) is 0 Å². The molecule has 6 unspecified atom stereocenters. The summed E-state index contributed by atoms with van der Waals surface area (Å²) >= 11 is 0. The molecule has 82 heavy (non-hydrogen) atoms. The first-order valence-electron chi connectivity index (χ1n) is 32.6. The molecule has 10 aliphatic carbocycles. The molecule has 0 aliphatic heterocycles. The number of carbonyl (C=O) groups is 6. The Hall–Kier alpha value is -4.15. The van der Waals surface area contributed by atoms with Gasteiger partial charge in [0, 0.05) is 101 Å². The van der Waals surface area contributed by atoms with Crippen molar-refractivity contribution in [3.05, 3.63) is 54.0 Å². The average molecular weight is 1140 g/mol. The maximum atomic E-state index is 11.2. The van der Waals surface area contributed by atoms with Crippen LogP contribution in [0.25, 0.3) is 0 Å². The van der Waals surface area contributed by atoms with Gasteiger partial charge in [0.05, 0.1) is 0 Å². The molecule has 11 heteroatoms. The van der Waals surface area contributed by atoms with E-state index in [0.29, 0.717) is 57.7 Å². The van der Waals surface area contributed by atoms with E-state index in [4.69, 9.17) is 23.7 Å². The largest absolute Gasteiger partial charge is 0.462 e. The molecule has 0 spiro atoms. The molecule has 0 radical (unpaired) electrons. The van der Waals surface area contributed by atoms with E-state index in [2.05, 4.69) is 92.7 Å². The Bertz CT molecular complexity index is 2270. The standard InChI is InChI=1S/C15H24O3.3C14H22O2.C14H21O2/c1-10(9-16)12-6-7-13-14(18-11(2)17)5-4-8-15(12,13)3;4*1-4-11-7-8-12-13(16-10(2)15)6-5-9-14(11,12)3/h9-10,12-14H,4-8H2,1-3H3;7,12-13H,4-6,8-9H2,1-3H3;4,12-13H,5-9H2,1-3H3;4,11-13H,1,5-9H2,2-3H3;4,7,12-13H,5-6,8-9H2,1-3H3/q;;;;+1/b;;11-4+;;11-4-/t10-,12-,13?,14+,15-;2*12?,13-,14+;11?,12?,13-,14+;12?,13-,14+/m10000/s1. The van der Waals surface area contributed by atoms with E-state index < -0.39 is 0 Å². The summed E-state index contributed by atoms with van der Waals surface area (Å²) in [4.78, 5) is 66.7. The lowest BCUT2D eigenvalue weighted by Crippen LogP contribution is -2.43. The number of carbonyl (C=O) groups excluding carboxylic acids is 6. The summed E-state index contributed by atoms with van der Waals surface area (Å²) in [6.45, 7) is 31.7. The van der Waals surface area contributed by atoms with Gasteiger partial charge in [-0.15, -0.1) is 6.58 Å². The molecular weight excluding hydrogens is 1030 g/mol. The van der Waals surface area contributed by atoms with Crippen molar-refractivity contribution in [2.24, 2.45) is 74.4 Å². The number of hydrogen-bond acceptors (Lipinski definition) is 11. The second kappa shape index (κ2) is 28.8. The fraction of sp³-hybridized carbons (Fsp3) is 0.789. The van der Waals surface area contributed by atoms with Gasteiger partial charge in [-0.2, -0.15) is 0 Å². The second-order valence-electron chi connectivity index (χ2n) is 28.0. The minimum Gasteiger partial charge on any atom is -0.462 e. The summed E-state index contributed by atoms with van der Waals surface area (Å²) in [7, 11) is 0. The molecule has 10 aliphatic rings. The van der Waals surface area contributed by atoms with Gasteiger partial charge in [0.2, 0.25) is 0 Å². The number of esters is 5. The van der Waals surface area contributed by atoms with Crippen molar-refractivity contribution in [1.29, 1.82) is 0 Å².